The molecule has 0 saturated carbocycles. The van der Waals surface area contributed by atoms with Gasteiger partial charge in [-0.05, 0) is 55.8 Å². The largest absolute Gasteiger partial charge is 0.508 e. The normalized spacial score (nSPS) is 12.3. The molecule has 0 aromatic heterocycles. The molecule has 2 aromatic carbocycles. The summed E-state index contributed by atoms with van der Waals surface area (Å²) in [7, 11) is 0. The van der Waals surface area contributed by atoms with Crippen molar-refractivity contribution >= 4 is 0 Å². The lowest BCUT2D eigenvalue weighted by Gasteiger charge is -2.16. The summed E-state index contributed by atoms with van der Waals surface area (Å²) in [5.74, 6) is 0.0336. The van der Waals surface area contributed by atoms with E-state index >= 15 is 0 Å². The predicted octanol–water partition coefficient (Wildman–Crippen LogP) is 3.13. The van der Waals surface area contributed by atoms with Crippen LogP contribution in [0.4, 0.5) is 4.39 Å². The second-order valence-corrected chi connectivity index (χ2v) is 4.80. The van der Waals surface area contributed by atoms with E-state index < -0.39 is 0 Å². The van der Waals surface area contributed by atoms with Gasteiger partial charge in [-0.2, -0.15) is 0 Å². The van der Waals surface area contributed by atoms with Gasteiger partial charge in [-0.1, -0.05) is 12.1 Å². The van der Waals surface area contributed by atoms with Crippen molar-refractivity contribution in [2.45, 2.75) is 19.4 Å². The third-order valence-electron chi connectivity index (χ3n) is 3.23. The van der Waals surface area contributed by atoms with Crippen LogP contribution in [0.15, 0.2) is 42.5 Å². The first-order valence-corrected chi connectivity index (χ1v) is 6.56. The van der Waals surface area contributed by atoms with Crippen molar-refractivity contribution < 1.29 is 14.6 Å². The molecule has 0 fully saturated rings. The maximum atomic E-state index is 13.0. The Morgan fingerprint density at radius 1 is 1.15 bits per heavy atom. The lowest BCUT2D eigenvalue weighted by molar-refractivity contribution is 0.441. The third kappa shape index (κ3) is 3.71. The molecule has 0 aliphatic carbocycles. The second-order valence-electron chi connectivity index (χ2n) is 4.80. The van der Waals surface area contributed by atoms with Gasteiger partial charge < -0.3 is 15.5 Å². The fraction of sp³-hybridized carbons (Fsp3) is 0.250. The van der Waals surface area contributed by atoms with Crippen molar-refractivity contribution in [2.24, 2.45) is 0 Å². The van der Waals surface area contributed by atoms with Gasteiger partial charge in [-0.15, -0.1) is 0 Å². The van der Waals surface area contributed by atoms with Crippen molar-refractivity contribution in [2.75, 3.05) is 6.54 Å². The van der Waals surface area contributed by atoms with Gasteiger partial charge in [0.15, 0.2) is 0 Å². The van der Waals surface area contributed by atoms with Crippen molar-refractivity contribution in [3.63, 3.8) is 0 Å². The molecule has 0 spiro atoms. The minimum atomic E-state index is -0.235. The number of phenols is 2. The number of nitrogens with one attached hydrogen (secondary N) is 1. The highest BCUT2D eigenvalue weighted by Crippen LogP contribution is 2.27. The molecule has 2 aromatic rings. The Hall–Kier alpha value is -2.07. The van der Waals surface area contributed by atoms with E-state index in [1.165, 1.54) is 30.3 Å². The van der Waals surface area contributed by atoms with Crippen LogP contribution in [-0.2, 0) is 6.42 Å². The van der Waals surface area contributed by atoms with Crippen LogP contribution in [-0.4, -0.2) is 16.8 Å². The topological polar surface area (TPSA) is 52.5 Å². The van der Waals surface area contributed by atoms with Gasteiger partial charge in [0.05, 0.1) is 0 Å². The van der Waals surface area contributed by atoms with Crippen molar-refractivity contribution in [3.8, 4) is 11.5 Å². The fourth-order valence-corrected chi connectivity index (χ4v) is 2.12. The minimum Gasteiger partial charge on any atom is -0.508 e. The molecule has 0 amide bonds. The maximum Gasteiger partial charge on any atom is 0.123 e. The summed E-state index contributed by atoms with van der Waals surface area (Å²) >= 11 is 0. The van der Waals surface area contributed by atoms with Crippen LogP contribution in [0.25, 0.3) is 0 Å². The molecule has 1 atom stereocenters. The molecule has 3 nitrogen and oxygen atoms in total. The van der Waals surface area contributed by atoms with E-state index in [1.54, 1.807) is 6.07 Å². The smallest absolute Gasteiger partial charge is 0.123 e. The molecule has 106 valence electrons. The SMILES string of the molecule is CC(NCCc1cccc(F)c1)c1cc(O)ccc1O. The summed E-state index contributed by atoms with van der Waals surface area (Å²) in [4.78, 5) is 0. The summed E-state index contributed by atoms with van der Waals surface area (Å²) in [6.07, 6.45) is 0.696. The zero-order valence-corrected chi connectivity index (χ0v) is 11.3. The molecule has 3 N–H and O–H groups in total. The minimum absolute atomic E-state index is 0.101. The Morgan fingerprint density at radius 3 is 2.70 bits per heavy atom. The highest BCUT2D eigenvalue weighted by Gasteiger charge is 2.10. The molecule has 2 rings (SSSR count). The second kappa shape index (κ2) is 6.39. The number of halogens is 1. The van der Waals surface area contributed by atoms with Gasteiger partial charge in [0.2, 0.25) is 0 Å². The number of hydrogen-bond donors (Lipinski definition) is 3. The standard InChI is InChI=1S/C16H18FNO2/c1-11(15-10-14(19)5-6-16(15)20)18-8-7-12-3-2-4-13(17)9-12/h2-6,9-11,18-20H,7-8H2,1H3. The summed E-state index contributed by atoms with van der Waals surface area (Å²) in [5, 5.41) is 22.4. The molecule has 0 aliphatic rings. The summed E-state index contributed by atoms with van der Waals surface area (Å²) < 4.78 is 13.0. The van der Waals surface area contributed by atoms with Gasteiger partial charge in [-0.25, -0.2) is 4.39 Å². The monoisotopic (exact) mass is 275 g/mol. The fourth-order valence-electron chi connectivity index (χ4n) is 2.12. The van der Waals surface area contributed by atoms with Crippen LogP contribution in [0.2, 0.25) is 0 Å². The van der Waals surface area contributed by atoms with Gasteiger partial charge in [0.1, 0.15) is 17.3 Å². The average Bonchev–Trinajstić information content (AvgIpc) is 2.41. The van der Waals surface area contributed by atoms with E-state index in [-0.39, 0.29) is 23.4 Å². The molecule has 20 heavy (non-hydrogen) atoms. The first-order valence-electron chi connectivity index (χ1n) is 6.56. The summed E-state index contributed by atoms with van der Waals surface area (Å²) in [6.45, 7) is 2.56. The zero-order valence-electron chi connectivity index (χ0n) is 11.3. The van der Waals surface area contributed by atoms with Crippen LogP contribution in [0.3, 0.4) is 0 Å². The van der Waals surface area contributed by atoms with Crippen LogP contribution in [0.1, 0.15) is 24.1 Å². The first-order chi connectivity index (χ1) is 9.56. The van der Waals surface area contributed by atoms with E-state index in [0.29, 0.717) is 18.5 Å². The Balaban J connectivity index is 1.92. The first kappa shape index (κ1) is 14.3. The van der Waals surface area contributed by atoms with E-state index in [0.717, 1.165) is 5.56 Å². The highest BCUT2D eigenvalue weighted by atomic mass is 19.1. The number of aromatic hydroxyl groups is 2. The Morgan fingerprint density at radius 2 is 1.95 bits per heavy atom. The molecule has 0 heterocycles. The number of phenolic OH excluding ortho intramolecular Hbond substituents is 2. The lowest BCUT2D eigenvalue weighted by Crippen LogP contribution is -2.21. The van der Waals surface area contributed by atoms with E-state index in [4.69, 9.17) is 0 Å². The predicted molar refractivity (Wildman–Crippen MR) is 76.3 cm³/mol. The number of hydrogen-bond acceptors (Lipinski definition) is 3. The molecule has 4 heteroatoms. The van der Waals surface area contributed by atoms with Gasteiger partial charge >= 0.3 is 0 Å². The van der Waals surface area contributed by atoms with Crippen molar-refractivity contribution in [1.29, 1.82) is 0 Å². The van der Waals surface area contributed by atoms with Crippen LogP contribution < -0.4 is 5.32 Å². The van der Waals surface area contributed by atoms with Gasteiger partial charge in [0, 0.05) is 11.6 Å². The molecule has 0 aliphatic heterocycles. The van der Waals surface area contributed by atoms with Crippen molar-refractivity contribution in [3.05, 3.63) is 59.4 Å². The Labute approximate surface area is 117 Å². The quantitative estimate of drug-likeness (QED) is 0.735. The Bertz CT molecular complexity index is 586. The maximum absolute atomic E-state index is 13.0. The van der Waals surface area contributed by atoms with E-state index in [2.05, 4.69) is 5.32 Å². The van der Waals surface area contributed by atoms with Crippen LogP contribution >= 0.6 is 0 Å². The van der Waals surface area contributed by atoms with Crippen LogP contribution in [0, 0.1) is 5.82 Å². The third-order valence-corrected chi connectivity index (χ3v) is 3.23. The van der Waals surface area contributed by atoms with E-state index in [9.17, 15) is 14.6 Å². The molecule has 0 saturated heterocycles. The molecule has 0 bridgehead atoms. The van der Waals surface area contributed by atoms with Gasteiger partial charge in [0.25, 0.3) is 0 Å². The molecule has 1 unspecified atom stereocenters. The molecular formula is C16H18FNO2. The van der Waals surface area contributed by atoms with Crippen LogP contribution in [0.5, 0.6) is 11.5 Å². The summed E-state index contributed by atoms with van der Waals surface area (Å²) in [6, 6.07) is 10.8. The highest BCUT2D eigenvalue weighted by molar-refractivity contribution is 5.40. The molecular weight excluding hydrogens is 257 g/mol. The lowest BCUT2D eigenvalue weighted by atomic mass is 10.1. The number of benzene rings is 2. The van der Waals surface area contributed by atoms with Crippen molar-refractivity contribution in [1.82, 2.24) is 5.32 Å². The van der Waals surface area contributed by atoms with E-state index in [1.807, 2.05) is 13.0 Å². The average molecular weight is 275 g/mol. The zero-order chi connectivity index (χ0) is 14.5. The number of rotatable bonds is 5. The Kier molecular flexibility index (Phi) is 4.58. The molecule has 0 radical (unpaired) electrons. The van der Waals surface area contributed by atoms with Gasteiger partial charge in [-0.3, -0.25) is 0 Å². The summed E-state index contributed by atoms with van der Waals surface area (Å²) in [5.41, 5.74) is 1.56.